The molecule has 1 atom stereocenters. The summed E-state index contributed by atoms with van der Waals surface area (Å²) in [6.45, 7) is 0.319. The Balaban J connectivity index is 1.92. The van der Waals surface area contributed by atoms with Gasteiger partial charge < -0.3 is 24.6 Å². The van der Waals surface area contributed by atoms with Crippen LogP contribution in [0.1, 0.15) is 17.2 Å². The highest BCUT2D eigenvalue weighted by atomic mass is 16.5. The van der Waals surface area contributed by atoms with E-state index in [0.29, 0.717) is 11.3 Å². The third-order valence-corrected chi connectivity index (χ3v) is 4.94. The fraction of sp³-hybridized carbons (Fsp3) is 0.250. The summed E-state index contributed by atoms with van der Waals surface area (Å²) >= 11 is 0. The van der Waals surface area contributed by atoms with E-state index in [4.69, 9.17) is 14.6 Å². The van der Waals surface area contributed by atoms with Gasteiger partial charge in [0.1, 0.15) is 5.75 Å². The van der Waals surface area contributed by atoms with Gasteiger partial charge in [-0.25, -0.2) is 0 Å². The molecule has 2 aromatic rings. The Kier molecular flexibility index (Phi) is 7.59. The molecular formula is C24H25NO6. The van der Waals surface area contributed by atoms with Gasteiger partial charge >= 0.3 is 0 Å². The van der Waals surface area contributed by atoms with Gasteiger partial charge in [-0.05, 0) is 29.3 Å². The fourth-order valence-corrected chi connectivity index (χ4v) is 3.42. The molecule has 0 saturated carbocycles. The predicted molar refractivity (Wildman–Crippen MR) is 115 cm³/mol. The van der Waals surface area contributed by atoms with E-state index in [1.165, 1.54) is 11.0 Å². The van der Waals surface area contributed by atoms with E-state index in [0.717, 1.165) is 5.56 Å². The Bertz CT molecular complexity index is 965. The minimum atomic E-state index is -0.760. The lowest BCUT2D eigenvalue weighted by Gasteiger charge is -2.26. The number of ketones is 1. The Morgan fingerprint density at radius 2 is 1.81 bits per heavy atom. The molecule has 1 aliphatic heterocycles. The van der Waals surface area contributed by atoms with Gasteiger partial charge in [0, 0.05) is 6.54 Å². The third kappa shape index (κ3) is 5.20. The molecule has 0 saturated heterocycles. The van der Waals surface area contributed by atoms with Crippen molar-refractivity contribution in [1.29, 1.82) is 0 Å². The number of aliphatic hydroxyl groups excluding tert-OH is 2. The van der Waals surface area contributed by atoms with Crippen LogP contribution in [0.25, 0.3) is 6.08 Å². The number of carbonyl (C=O) groups is 2. The molecule has 2 N–H and O–H groups in total. The molecule has 0 spiro atoms. The maximum absolute atomic E-state index is 13.0. The molecule has 31 heavy (non-hydrogen) atoms. The van der Waals surface area contributed by atoms with Gasteiger partial charge in [0.05, 0.1) is 38.5 Å². The number of hydrogen-bond donors (Lipinski definition) is 2. The van der Waals surface area contributed by atoms with Crippen LogP contribution in [-0.2, 0) is 14.3 Å². The normalized spacial score (nSPS) is 16.4. The smallest absolute Gasteiger partial charge is 0.290 e. The molecule has 0 bridgehead atoms. The molecule has 162 valence electrons. The molecule has 0 aliphatic carbocycles. The van der Waals surface area contributed by atoms with Crippen molar-refractivity contribution in [1.82, 2.24) is 4.90 Å². The summed E-state index contributed by atoms with van der Waals surface area (Å²) in [6, 6.07) is 15.5. The quantitative estimate of drug-likeness (QED) is 0.451. The number of nitrogens with zero attached hydrogens (tertiary/aromatic N) is 1. The molecular weight excluding hydrogens is 398 g/mol. The van der Waals surface area contributed by atoms with E-state index < -0.39 is 23.5 Å². The van der Waals surface area contributed by atoms with Crippen molar-refractivity contribution in [2.24, 2.45) is 0 Å². The van der Waals surface area contributed by atoms with E-state index in [2.05, 4.69) is 0 Å². The van der Waals surface area contributed by atoms with Crippen LogP contribution in [0.4, 0.5) is 0 Å². The number of hydrogen-bond acceptors (Lipinski definition) is 6. The first-order valence-corrected chi connectivity index (χ1v) is 9.91. The average Bonchev–Trinajstić information content (AvgIpc) is 3.06. The lowest BCUT2D eigenvalue weighted by Crippen LogP contribution is -2.34. The van der Waals surface area contributed by atoms with Crippen molar-refractivity contribution in [3.63, 3.8) is 0 Å². The largest absolute Gasteiger partial charge is 0.503 e. The topological polar surface area (TPSA) is 96.3 Å². The second kappa shape index (κ2) is 10.6. The zero-order chi connectivity index (χ0) is 22.2. The summed E-state index contributed by atoms with van der Waals surface area (Å²) in [7, 11) is 1.55. The lowest BCUT2D eigenvalue weighted by molar-refractivity contribution is -0.130. The molecule has 0 unspecified atom stereocenters. The second-order valence-electron chi connectivity index (χ2n) is 6.88. The monoisotopic (exact) mass is 423 g/mol. The van der Waals surface area contributed by atoms with E-state index in [9.17, 15) is 14.7 Å². The number of carbonyl (C=O) groups excluding carboxylic acids is 2. The van der Waals surface area contributed by atoms with Gasteiger partial charge in [-0.15, -0.1) is 0 Å². The summed E-state index contributed by atoms with van der Waals surface area (Å²) < 4.78 is 10.5. The van der Waals surface area contributed by atoms with E-state index in [1.54, 1.807) is 37.5 Å². The number of benzene rings is 2. The van der Waals surface area contributed by atoms with E-state index in [-0.39, 0.29) is 31.9 Å². The first kappa shape index (κ1) is 22.3. The van der Waals surface area contributed by atoms with Gasteiger partial charge in [0.25, 0.3) is 5.91 Å². The number of allylic oxidation sites excluding steroid dienone is 1. The molecule has 2 aromatic carbocycles. The first-order valence-electron chi connectivity index (χ1n) is 9.91. The van der Waals surface area contributed by atoms with Crippen molar-refractivity contribution in [2.75, 3.05) is 33.5 Å². The minimum Gasteiger partial charge on any atom is -0.503 e. The molecule has 1 heterocycles. The number of aliphatic hydroxyl groups is 2. The van der Waals surface area contributed by atoms with Gasteiger partial charge in [0.2, 0.25) is 0 Å². The minimum absolute atomic E-state index is 0.0181. The zero-order valence-electron chi connectivity index (χ0n) is 17.2. The molecule has 1 aliphatic rings. The molecule has 7 heteroatoms. The molecule has 0 fully saturated rings. The summed E-state index contributed by atoms with van der Waals surface area (Å²) in [6.07, 6.45) is 3.00. The van der Waals surface area contributed by atoms with Crippen LogP contribution in [-0.4, -0.2) is 60.3 Å². The van der Waals surface area contributed by atoms with Gasteiger partial charge in [-0.3, -0.25) is 9.59 Å². The summed E-state index contributed by atoms with van der Waals surface area (Å²) in [5.41, 5.74) is 1.51. The second-order valence-corrected chi connectivity index (χ2v) is 6.88. The van der Waals surface area contributed by atoms with Crippen LogP contribution < -0.4 is 4.74 Å². The third-order valence-electron chi connectivity index (χ3n) is 4.94. The van der Waals surface area contributed by atoms with Crippen molar-refractivity contribution < 1.29 is 29.3 Å². The fourth-order valence-electron chi connectivity index (χ4n) is 3.42. The first-order chi connectivity index (χ1) is 15.1. The highest BCUT2D eigenvalue weighted by molar-refractivity contribution is 6.14. The van der Waals surface area contributed by atoms with Crippen LogP contribution in [0.2, 0.25) is 0 Å². The van der Waals surface area contributed by atoms with Gasteiger partial charge in [0.15, 0.2) is 11.5 Å². The van der Waals surface area contributed by atoms with Crippen LogP contribution in [0.15, 0.2) is 72.0 Å². The Morgan fingerprint density at radius 3 is 2.45 bits per heavy atom. The Morgan fingerprint density at radius 1 is 1.10 bits per heavy atom. The predicted octanol–water partition coefficient (Wildman–Crippen LogP) is 2.68. The van der Waals surface area contributed by atoms with Crippen LogP contribution in [0.3, 0.4) is 0 Å². The highest BCUT2D eigenvalue weighted by Gasteiger charge is 2.42. The molecule has 1 amide bonds. The summed E-state index contributed by atoms with van der Waals surface area (Å²) in [4.78, 5) is 27.2. The molecule has 7 nitrogen and oxygen atoms in total. The van der Waals surface area contributed by atoms with Crippen LogP contribution in [0.5, 0.6) is 5.75 Å². The van der Waals surface area contributed by atoms with E-state index in [1.807, 2.05) is 30.3 Å². The Hall–Kier alpha value is -3.42. The van der Waals surface area contributed by atoms with Crippen LogP contribution in [0, 0.1) is 0 Å². The van der Waals surface area contributed by atoms with Gasteiger partial charge in [-0.1, -0.05) is 48.5 Å². The van der Waals surface area contributed by atoms with Gasteiger partial charge in [-0.2, -0.15) is 0 Å². The van der Waals surface area contributed by atoms with Crippen LogP contribution >= 0.6 is 0 Å². The number of rotatable bonds is 10. The van der Waals surface area contributed by atoms with Crippen molar-refractivity contribution in [3.05, 3.63) is 83.1 Å². The molecule has 0 aromatic heterocycles. The van der Waals surface area contributed by atoms with Crippen molar-refractivity contribution in [2.45, 2.75) is 6.04 Å². The molecule has 3 rings (SSSR count). The summed E-state index contributed by atoms with van der Waals surface area (Å²) in [5, 5.41) is 19.4. The van der Waals surface area contributed by atoms with Crippen molar-refractivity contribution in [3.8, 4) is 5.75 Å². The standard InChI is InChI=1S/C24H25NO6/c1-30-19-10-8-18(9-11-19)22-21(20(27)12-7-17-5-3-2-4-6-17)23(28)24(29)25(22)13-15-31-16-14-26/h2-12,22,26,28H,13-16H2,1H3/b12-7-/t22-/m0/s1. The number of methoxy groups -OCH3 is 1. The number of ether oxygens (including phenoxy) is 2. The Labute approximate surface area is 180 Å². The maximum Gasteiger partial charge on any atom is 0.290 e. The average molecular weight is 423 g/mol. The highest BCUT2D eigenvalue weighted by Crippen LogP contribution is 2.38. The molecule has 0 radical (unpaired) electrons. The zero-order valence-corrected chi connectivity index (χ0v) is 17.2. The SMILES string of the molecule is COc1ccc([C@H]2C(C(=O)/C=C\c3ccccc3)=C(O)C(=O)N2CCOCCO)cc1. The maximum atomic E-state index is 13.0. The van der Waals surface area contributed by atoms with E-state index >= 15 is 0 Å². The van der Waals surface area contributed by atoms with Crippen molar-refractivity contribution >= 4 is 17.8 Å². The lowest BCUT2D eigenvalue weighted by atomic mass is 9.95. The number of amides is 1. The summed E-state index contributed by atoms with van der Waals surface area (Å²) in [5.74, 6) is -1.01.